The standard InChI is InChI=1S/C12H19N3O3/c1-7(2)9(12(17)18)5-13-11(16)10-6-15(4)14-8(10)3/h6-7,9H,5H2,1-4H3,(H,13,16)(H,17,18). The molecule has 0 saturated carbocycles. The number of aliphatic carboxylic acids is 1. The average Bonchev–Trinajstić information content (AvgIpc) is 2.56. The van der Waals surface area contributed by atoms with Gasteiger partial charge in [0.05, 0.1) is 17.2 Å². The van der Waals surface area contributed by atoms with Crippen LogP contribution in [0.2, 0.25) is 0 Å². The lowest BCUT2D eigenvalue weighted by atomic mass is 9.96. The summed E-state index contributed by atoms with van der Waals surface area (Å²) in [5.74, 6) is -1.79. The lowest BCUT2D eigenvalue weighted by Gasteiger charge is -2.16. The van der Waals surface area contributed by atoms with Crippen molar-refractivity contribution in [3.63, 3.8) is 0 Å². The zero-order valence-corrected chi connectivity index (χ0v) is 11.1. The van der Waals surface area contributed by atoms with Crippen molar-refractivity contribution in [2.45, 2.75) is 20.8 Å². The SMILES string of the molecule is Cc1nn(C)cc1C(=O)NCC(C(=O)O)C(C)C. The van der Waals surface area contributed by atoms with Crippen LogP contribution in [-0.4, -0.2) is 33.3 Å². The van der Waals surface area contributed by atoms with E-state index in [1.165, 1.54) is 0 Å². The first-order chi connectivity index (χ1) is 8.32. The smallest absolute Gasteiger partial charge is 0.308 e. The number of amides is 1. The molecule has 1 aromatic rings. The van der Waals surface area contributed by atoms with Crippen LogP contribution < -0.4 is 5.32 Å². The zero-order chi connectivity index (χ0) is 13.9. The number of carboxylic acid groups (broad SMARTS) is 1. The van der Waals surface area contributed by atoms with Crippen LogP contribution in [0.15, 0.2) is 6.20 Å². The molecule has 6 nitrogen and oxygen atoms in total. The number of nitrogens with one attached hydrogen (secondary N) is 1. The van der Waals surface area contributed by atoms with E-state index in [0.29, 0.717) is 11.3 Å². The molecule has 1 rings (SSSR count). The summed E-state index contributed by atoms with van der Waals surface area (Å²) >= 11 is 0. The lowest BCUT2D eigenvalue weighted by molar-refractivity contribution is -0.142. The number of hydrogen-bond donors (Lipinski definition) is 2. The molecule has 0 aliphatic heterocycles. The van der Waals surface area contributed by atoms with E-state index in [1.807, 2.05) is 13.8 Å². The minimum atomic E-state index is -0.895. The molecule has 0 saturated heterocycles. The molecule has 1 atom stereocenters. The van der Waals surface area contributed by atoms with Crippen LogP contribution >= 0.6 is 0 Å². The monoisotopic (exact) mass is 253 g/mol. The number of rotatable bonds is 5. The maximum atomic E-state index is 11.9. The number of carboxylic acids is 1. The van der Waals surface area contributed by atoms with Crippen LogP contribution in [0.5, 0.6) is 0 Å². The fraction of sp³-hybridized carbons (Fsp3) is 0.583. The van der Waals surface area contributed by atoms with Gasteiger partial charge in [0.15, 0.2) is 0 Å². The minimum Gasteiger partial charge on any atom is -0.481 e. The van der Waals surface area contributed by atoms with Gasteiger partial charge in [-0.3, -0.25) is 14.3 Å². The molecule has 0 fully saturated rings. The number of hydrogen-bond acceptors (Lipinski definition) is 3. The first-order valence-electron chi connectivity index (χ1n) is 5.84. The fourth-order valence-corrected chi connectivity index (χ4v) is 1.73. The second kappa shape index (κ2) is 5.66. The second-order valence-electron chi connectivity index (χ2n) is 4.70. The van der Waals surface area contributed by atoms with Crippen molar-refractivity contribution >= 4 is 11.9 Å². The Balaban J connectivity index is 2.66. The molecule has 0 spiro atoms. The van der Waals surface area contributed by atoms with Crippen molar-refractivity contribution < 1.29 is 14.7 Å². The van der Waals surface area contributed by atoms with Gasteiger partial charge in [0.1, 0.15) is 0 Å². The molecule has 0 aliphatic carbocycles. The van der Waals surface area contributed by atoms with E-state index in [2.05, 4.69) is 10.4 Å². The van der Waals surface area contributed by atoms with Crippen LogP contribution in [0.25, 0.3) is 0 Å². The van der Waals surface area contributed by atoms with Crippen LogP contribution in [-0.2, 0) is 11.8 Å². The number of carbonyl (C=O) groups is 2. The summed E-state index contributed by atoms with van der Waals surface area (Å²) in [4.78, 5) is 22.9. The van der Waals surface area contributed by atoms with Gasteiger partial charge in [0.2, 0.25) is 0 Å². The van der Waals surface area contributed by atoms with E-state index in [0.717, 1.165) is 0 Å². The third kappa shape index (κ3) is 3.32. The minimum absolute atomic E-state index is 0.0298. The summed E-state index contributed by atoms with van der Waals surface area (Å²) in [5.41, 5.74) is 1.11. The Morgan fingerprint density at radius 3 is 2.50 bits per heavy atom. The Morgan fingerprint density at radius 2 is 2.11 bits per heavy atom. The summed E-state index contributed by atoms with van der Waals surface area (Å²) in [6, 6.07) is 0. The Kier molecular flexibility index (Phi) is 4.47. The first-order valence-corrected chi connectivity index (χ1v) is 5.84. The molecule has 0 bridgehead atoms. The Morgan fingerprint density at radius 1 is 1.50 bits per heavy atom. The summed E-state index contributed by atoms with van der Waals surface area (Å²) < 4.78 is 1.56. The second-order valence-corrected chi connectivity index (χ2v) is 4.70. The van der Waals surface area contributed by atoms with Crippen LogP contribution in [0, 0.1) is 18.8 Å². The van der Waals surface area contributed by atoms with Gasteiger partial charge in [0.25, 0.3) is 5.91 Å². The van der Waals surface area contributed by atoms with Crippen molar-refractivity contribution in [3.05, 3.63) is 17.5 Å². The van der Waals surface area contributed by atoms with Crippen LogP contribution in [0.4, 0.5) is 0 Å². The highest BCUT2D eigenvalue weighted by atomic mass is 16.4. The maximum absolute atomic E-state index is 11.9. The third-order valence-corrected chi connectivity index (χ3v) is 2.86. The van der Waals surface area contributed by atoms with E-state index in [1.54, 1.807) is 24.9 Å². The molecular formula is C12H19N3O3. The molecule has 1 heterocycles. The molecule has 2 N–H and O–H groups in total. The van der Waals surface area contributed by atoms with Crippen LogP contribution in [0.3, 0.4) is 0 Å². The Bertz CT molecular complexity index is 451. The zero-order valence-electron chi connectivity index (χ0n) is 11.1. The highest BCUT2D eigenvalue weighted by Gasteiger charge is 2.23. The lowest BCUT2D eigenvalue weighted by Crippen LogP contribution is -2.35. The van der Waals surface area contributed by atoms with Gasteiger partial charge in [0, 0.05) is 19.8 Å². The molecule has 0 aliphatic rings. The number of nitrogens with zero attached hydrogens (tertiary/aromatic N) is 2. The topological polar surface area (TPSA) is 84.2 Å². The van der Waals surface area contributed by atoms with E-state index in [4.69, 9.17) is 5.11 Å². The predicted molar refractivity (Wildman–Crippen MR) is 66.2 cm³/mol. The Hall–Kier alpha value is -1.85. The van der Waals surface area contributed by atoms with Crippen molar-refractivity contribution in [1.29, 1.82) is 0 Å². The predicted octanol–water partition coefficient (Wildman–Crippen LogP) is 0.815. The van der Waals surface area contributed by atoms with Crippen LogP contribution in [0.1, 0.15) is 29.9 Å². The molecule has 6 heteroatoms. The molecule has 1 amide bonds. The van der Waals surface area contributed by atoms with E-state index in [9.17, 15) is 9.59 Å². The molecule has 18 heavy (non-hydrogen) atoms. The van der Waals surface area contributed by atoms with Crippen molar-refractivity contribution in [2.75, 3.05) is 6.54 Å². The van der Waals surface area contributed by atoms with E-state index < -0.39 is 11.9 Å². The highest BCUT2D eigenvalue weighted by Crippen LogP contribution is 2.10. The van der Waals surface area contributed by atoms with Gasteiger partial charge >= 0.3 is 5.97 Å². The molecular weight excluding hydrogens is 234 g/mol. The van der Waals surface area contributed by atoms with Gasteiger partial charge in [-0.15, -0.1) is 0 Å². The van der Waals surface area contributed by atoms with Crippen molar-refractivity contribution in [2.24, 2.45) is 18.9 Å². The van der Waals surface area contributed by atoms with Gasteiger partial charge in [-0.2, -0.15) is 5.10 Å². The summed E-state index contributed by atoms with van der Waals surface area (Å²) in [6.07, 6.45) is 1.62. The first kappa shape index (κ1) is 14.2. The molecule has 1 unspecified atom stereocenters. The third-order valence-electron chi connectivity index (χ3n) is 2.86. The number of aryl methyl sites for hydroxylation is 2. The van der Waals surface area contributed by atoms with E-state index in [-0.39, 0.29) is 18.4 Å². The highest BCUT2D eigenvalue weighted by molar-refractivity contribution is 5.95. The number of aromatic nitrogens is 2. The average molecular weight is 253 g/mol. The molecule has 0 radical (unpaired) electrons. The fourth-order valence-electron chi connectivity index (χ4n) is 1.73. The van der Waals surface area contributed by atoms with Crippen molar-refractivity contribution in [3.8, 4) is 0 Å². The number of carbonyl (C=O) groups excluding carboxylic acids is 1. The van der Waals surface area contributed by atoms with Crippen molar-refractivity contribution in [1.82, 2.24) is 15.1 Å². The van der Waals surface area contributed by atoms with Gasteiger partial charge < -0.3 is 10.4 Å². The normalized spacial score (nSPS) is 12.5. The quantitative estimate of drug-likeness (QED) is 0.813. The van der Waals surface area contributed by atoms with Gasteiger partial charge in [-0.25, -0.2) is 0 Å². The molecule has 0 aromatic carbocycles. The summed E-state index contributed by atoms with van der Waals surface area (Å²) in [7, 11) is 1.73. The molecule has 1 aromatic heterocycles. The summed E-state index contributed by atoms with van der Waals surface area (Å²) in [6.45, 7) is 5.51. The van der Waals surface area contributed by atoms with Gasteiger partial charge in [-0.05, 0) is 12.8 Å². The van der Waals surface area contributed by atoms with Gasteiger partial charge in [-0.1, -0.05) is 13.8 Å². The van der Waals surface area contributed by atoms with E-state index >= 15 is 0 Å². The molecule has 100 valence electrons. The Labute approximate surface area is 106 Å². The largest absolute Gasteiger partial charge is 0.481 e. The maximum Gasteiger partial charge on any atom is 0.308 e. The summed E-state index contributed by atoms with van der Waals surface area (Å²) in [5, 5.41) is 15.7.